The summed E-state index contributed by atoms with van der Waals surface area (Å²) in [6, 6.07) is 8.20. The van der Waals surface area contributed by atoms with Crippen molar-refractivity contribution in [1.82, 2.24) is 4.90 Å². The predicted molar refractivity (Wildman–Crippen MR) is 78.8 cm³/mol. The van der Waals surface area contributed by atoms with E-state index in [4.69, 9.17) is 4.74 Å². The maximum atomic E-state index is 12.6. The first-order valence-electron chi connectivity index (χ1n) is 7.44. The number of methoxy groups -OCH3 is 1. The van der Waals surface area contributed by atoms with Gasteiger partial charge in [-0.2, -0.15) is 0 Å². The van der Waals surface area contributed by atoms with E-state index in [-0.39, 0.29) is 11.9 Å². The van der Waals surface area contributed by atoms with E-state index in [0.29, 0.717) is 6.10 Å². The van der Waals surface area contributed by atoms with Crippen molar-refractivity contribution in [1.29, 1.82) is 0 Å². The average Bonchev–Trinajstić information content (AvgIpc) is 2.54. The molecule has 0 aliphatic carbocycles. The van der Waals surface area contributed by atoms with Crippen molar-refractivity contribution in [3.8, 4) is 0 Å². The van der Waals surface area contributed by atoms with Gasteiger partial charge in [0.05, 0.1) is 6.10 Å². The summed E-state index contributed by atoms with van der Waals surface area (Å²) in [5, 5.41) is 3.40. The van der Waals surface area contributed by atoms with Crippen molar-refractivity contribution in [2.75, 3.05) is 25.5 Å². The Hall–Kier alpha value is -1.55. The summed E-state index contributed by atoms with van der Waals surface area (Å²) in [4.78, 5) is 14.6. The Balaban J connectivity index is 1.62. The van der Waals surface area contributed by atoms with Crippen LogP contribution in [0.1, 0.15) is 24.8 Å². The number of rotatable bonds is 2. The number of fused-ring (bicyclic) bond motifs is 1. The lowest BCUT2D eigenvalue weighted by molar-refractivity contribution is -0.134. The second-order valence-electron chi connectivity index (χ2n) is 5.65. The van der Waals surface area contributed by atoms with Crippen LogP contribution in [0.3, 0.4) is 0 Å². The number of carbonyl (C=O) groups excluding carboxylic acids is 1. The summed E-state index contributed by atoms with van der Waals surface area (Å²) >= 11 is 0. The normalized spacial score (nSPS) is 23.1. The molecule has 1 aromatic rings. The molecule has 4 heteroatoms. The number of ether oxygens (including phenoxy) is 1. The highest BCUT2D eigenvalue weighted by atomic mass is 16.5. The highest BCUT2D eigenvalue weighted by Crippen LogP contribution is 2.25. The molecule has 2 aliphatic rings. The van der Waals surface area contributed by atoms with Crippen molar-refractivity contribution < 1.29 is 9.53 Å². The largest absolute Gasteiger partial charge is 0.381 e. The zero-order valence-corrected chi connectivity index (χ0v) is 12.0. The Bertz CT molecular complexity index is 481. The fourth-order valence-electron chi connectivity index (χ4n) is 3.16. The molecular formula is C16H22N2O2. The van der Waals surface area contributed by atoms with E-state index in [1.54, 1.807) is 7.11 Å². The van der Waals surface area contributed by atoms with Gasteiger partial charge in [0.1, 0.15) is 6.04 Å². The third-order valence-corrected chi connectivity index (χ3v) is 4.43. The standard InChI is InChI=1S/C16H22N2O2/c1-20-13-8-10-18(11-9-13)16(19)15-7-6-12-4-2-3-5-14(12)17-15/h2-5,13,15,17H,6-11H2,1H3. The average molecular weight is 274 g/mol. The summed E-state index contributed by atoms with van der Waals surface area (Å²) in [5.41, 5.74) is 2.43. The first kappa shape index (κ1) is 13.4. The fraction of sp³-hybridized carbons (Fsp3) is 0.562. The quantitative estimate of drug-likeness (QED) is 0.897. The molecule has 4 nitrogen and oxygen atoms in total. The van der Waals surface area contributed by atoms with Gasteiger partial charge in [-0.05, 0) is 37.3 Å². The van der Waals surface area contributed by atoms with Crippen molar-refractivity contribution in [3.63, 3.8) is 0 Å². The molecule has 20 heavy (non-hydrogen) atoms. The third-order valence-electron chi connectivity index (χ3n) is 4.43. The summed E-state index contributed by atoms with van der Waals surface area (Å²) in [7, 11) is 1.75. The number of hydrogen-bond donors (Lipinski definition) is 1. The Morgan fingerprint density at radius 3 is 2.75 bits per heavy atom. The number of anilines is 1. The first-order valence-corrected chi connectivity index (χ1v) is 7.44. The molecule has 0 bridgehead atoms. The molecular weight excluding hydrogens is 252 g/mol. The van der Waals surface area contributed by atoms with Gasteiger partial charge in [-0.25, -0.2) is 0 Å². The van der Waals surface area contributed by atoms with Crippen LogP contribution in [0.2, 0.25) is 0 Å². The number of carbonyl (C=O) groups is 1. The van der Waals surface area contributed by atoms with Crippen LogP contribution in [0, 0.1) is 0 Å². The Kier molecular flexibility index (Phi) is 3.92. The number of nitrogens with zero attached hydrogens (tertiary/aromatic N) is 1. The molecule has 1 aromatic carbocycles. The molecule has 1 unspecified atom stereocenters. The molecule has 1 atom stereocenters. The molecule has 0 spiro atoms. The molecule has 1 fully saturated rings. The minimum Gasteiger partial charge on any atom is -0.381 e. The van der Waals surface area contributed by atoms with Crippen LogP contribution in [-0.4, -0.2) is 43.2 Å². The van der Waals surface area contributed by atoms with E-state index >= 15 is 0 Å². The minimum absolute atomic E-state index is 0.0657. The number of nitrogens with one attached hydrogen (secondary N) is 1. The maximum Gasteiger partial charge on any atom is 0.245 e. The van der Waals surface area contributed by atoms with E-state index in [2.05, 4.69) is 23.5 Å². The smallest absolute Gasteiger partial charge is 0.245 e. The molecule has 0 radical (unpaired) electrons. The summed E-state index contributed by atoms with van der Waals surface area (Å²) in [6.07, 6.45) is 4.09. The van der Waals surface area contributed by atoms with Gasteiger partial charge in [-0.15, -0.1) is 0 Å². The number of benzene rings is 1. The highest BCUT2D eigenvalue weighted by Gasteiger charge is 2.30. The van der Waals surface area contributed by atoms with Gasteiger partial charge in [0.2, 0.25) is 5.91 Å². The first-order chi connectivity index (χ1) is 9.78. The van der Waals surface area contributed by atoms with Crippen molar-refractivity contribution in [2.24, 2.45) is 0 Å². The van der Waals surface area contributed by atoms with E-state index < -0.39 is 0 Å². The van der Waals surface area contributed by atoms with E-state index in [0.717, 1.165) is 44.5 Å². The molecule has 3 rings (SSSR count). The number of aryl methyl sites for hydroxylation is 1. The number of amides is 1. The van der Waals surface area contributed by atoms with Gasteiger partial charge in [-0.1, -0.05) is 18.2 Å². The van der Waals surface area contributed by atoms with Gasteiger partial charge in [-0.3, -0.25) is 4.79 Å². The zero-order chi connectivity index (χ0) is 13.9. The molecule has 0 aromatic heterocycles. The Morgan fingerprint density at radius 2 is 2.00 bits per heavy atom. The maximum absolute atomic E-state index is 12.6. The van der Waals surface area contributed by atoms with Crippen LogP contribution in [0.15, 0.2) is 24.3 Å². The Labute approximate surface area is 120 Å². The lowest BCUT2D eigenvalue weighted by atomic mass is 9.96. The lowest BCUT2D eigenvalue weighted by Crippen LogP contribution is -2.48. The summed E-state index contributed by atoms with van der Waals surface area (Å²) in [6.45, 7) is 1.63. The van der Waals surface area contributed by atoms with Crippen molar-refractivity contribution >= 4 is 11.6 Å². The SMILES string of the molecule is COC1CCN(C(=O)C2CCc3ccccc3N2)CC1. The van der Waals surface area contributed by atoms with E-state index in [9.17, 15) is 4.79 Å². The van der Waals surface area contributed by atoms with E-state index in [1.165, 1.54) is 5.56 Å². The van der Waals surface area contributed by atoms with Crippen LogP contribution in [0.5, 0.6) is 0 Å². The molecule has 0 saturated carbocycles. The van der Waals surface area contributed by atoms with Crippen LogP contribution in [0.25, 0.3) is 0 Å². The predicted octanol–water partition coefficient (Wildman–Crippen LogP) is 2.05. The van der Waals surface area contributed by atoms with Gasteiger partial charge < -0.3 is 15.0 Å². The number of likely N-dealkylation sites (tertiary alicyclic amines) is 1. The van der Waals surface area contributed by atoms with Crippen molar-refractivity contribution in [2.45, 2.75) is 37.8 Å². The van der Waals surface area contributed by atoms with Gasteiger partial charge in [0.25, 0.3) is 0 Å². The van der Waals surface area contributed by atoms with Gasteiger partial charge >= 0.3 is 0 Å². The zero-order valence-electron chi connectivity index (χ0n) is 12.0. The van der Waals surface area contributed by atoms with Crippen LogP contribution >= 0.6 is 0 Å². The second-order valence-corrected chi connectivity index (χ2v) is 5.65. The van der Waals surface area contributed by atoms with E-state index in [1.807, 2.05) is 11.0 Å². The molecule has 2 aliphatic heterocycles. The number of hydrogen-bond acceptors (Lipinski definition) is 3. The van der Waals surface area contributed by atoms with Crippen LogP contribution < -0.4 is 5.32 Å². The van der Waals surface area contributed by atoms with Crippen LogP contribution in [0.4, 0.5) is 5.69 Å². The second kappa shape index (κ2) is 5.83. The van der Waals surface area contributed by atoms with Gasteiger partial charge in [0.15, 0.2) is 0 Å². The molecule has 108 valence electrons. The van der Waals surface area contributed by atoms with Crippen LogP contribution in [-0.2, 0) is 16.0 Å². The summed E-state index contributed by atoms with van der Waals surface area (Å²) in [5.74, 6) is 0.244. The van der Waals surface area contributed by atoms with Gasteiger partial charge in [0, 0.05) is 25.9 Å². The van der Waals surface area contributed by atoms with Crippen molar-refractivity contribution in [3.05, 3.63) is 29.8 Å². The lowest BCUT2D eigenvalue weighted by Gasteiger charge is -2.35. The fourth-order valence-corrected chi connectivity index (χ4v) is 3.16. The topological polar surface area (TPSA) is 41.6 Å². The Morgan fingerprint density at radius 1 is 1.25 bits per heavy atom. The number of piperidine rings is 1. The molecule has 2 heterocycles. The molecule has 1 saturated heterocycles. The third kappa shape index (κ3) is 2.66. The monoisotopic (exact) mass is 274 g/mol. The minimum atomic E-state index is -0.0657. The highest BCUT2D eigenvalue weighted by molar-refractivity contribution is 5.85. The number of para-hydroxylation sites is 1. The molecule has 1 N–H and O–H groups in total. The summed E-state index contributed by atoms with van der Waals surface area (Å²) < 4.78 is 5.36. The molecule has 1 amide bonds.